The lowest BCUT2D eigenvalue weighted by Gasteiger charge is -2.15. The molecule has 0 fully saturated rings. The van der Waals surface area contributed by atoms with Gasteiger partial charge in [0.1, 0.15) is 0 Å². The van der Waals surface area contributed by atoms with Crippen molar-refractivity contribution < 1.29 is 0 Å². The van der Waals surface area contributed by atoms with Crippen molar-refractivity contribution >= 4 is 0 Å². The number of nitrogens with two attached hydrogens (primary N) is 1. The first kappa shape index (κ1) is 9.32. The summed E-state index contributed by atoms with van der Waals surface area (Å²) >= 11 is 0. The average molecular weight is 187 g/mol. The smallest absolute Gasteiger partial charge is 0.00896 e. The fourth-order valence-electron chi connectivity index (χ4n) is 1.87. The summed E-state index contributed by atoms with van der Waals surface area (Å²) in [5.41, 5.74) is 9.48. The molecule has 1 nitrogen and oxygen atoms in total. The number of rotatable bonds is 1. The van der Waals surface area contributed by atoms with E-state index in [-0.39, 0.29) is 0 Å². The Morgan fingerprint density at radius 1 is 1.29 bits per heavy atom. The molecule has 0 spiro atoms. The first-order valence-corrected chi connectivity index (χ1v) is 5.30. The quantitative estimate of drug-likeness (QED) is 0.670. The summed E-state index contributed by atoms with van der Waals surface area (Å²) in [5, 5.41) is 0. The monoisotopic (exact) mass is 187 g/mol. The van der Waals surface area contributed by atoms with Crippen LogP contribution in [0.5, 0.6) is 0 Å². The van der Waals surface area contributed by atoms with E-state index < -0.39 is 0 Å². The zero-order chi connectivity index (χ0) is 9.97. The van der Waals surface area contributed by atoms with Crippen molar-refractivity contribution in [3.8, 4) is 0 Å². The van der Waals surface area contributed by atoms with Gasteiger partial charge in [0.15, 0.2) is 0 Å². The zero-order valence-corrected chi connectivity index (χ0v) is 8.66. The molecule has 14 heavy (non-hydrogen) atoms. The van der Waals surface area contributed by atoms with Crippen LogP contribution in [0.25, 0.3) is 0 Å². The SMILES string of the molecule is CC1C=CC(C2=CCCC(N)=C2)=CC1. The van der Waals surface area contributed by atoms with Crippen LogP contribution in [0, 0.1) is 5.92 Å². The summed E-state index contributed by atoms with van der Waals surface area (Å²) in [6.45, 7) is 2.24. The fourth-order valence-corrected chi connectivity index (χ4v) is 1.87. The highest BCUT2D eigenvalue weighted by Crippen LogP contribution is 2.25. The maximum Gasteiger partial charge on any atom is 0.00896 e. The summed E-state index contributed by atoms with van der Waals surface area (Å²) in [4.78, 5) is 0. The number of hydrogen-bond acceptors (Lipinski definition) is 1. The molecule has 1 unspecified atom stereocenters. The predicted molar refractivity (Wildman–Crippen MR) is 60.6 cm³/mol. The minimum atomic E-state index is 0.685. The molecule has 1 atom stereocenters. The van der Waals surface area contributed by atoms with Crippen LogP contribution < -0.4 is 5.73 Å². The zero-order valence-electron chi connectivity index (χ0n) is 8.66. The van der Waals surface area contributed by atoms with Gasteiger partial charge in [-0.05, 0) is 42.4 Å². The van der Waals surface area contributed by atoms with E-state index in [2.05, 4.69) is 37.3 Å². The molecule has 2 rings (SSSR count). The van der Waals surface area contributed by atoms with Crippen LogP contribution in [0.15, 0.2) is 47.2 Å². The largest absolute Gasteiger partial charge is 0.402 e. The molecule has 1 heteroatoms. The Morgan fingerprint density at radius 3 is 2.79 bits per heavy atom. The highest BCUT2D eigenvalue weighted by atomic mass is 14.6. The van der Waals surface area contributed by atoms with Gasteiger partial charge in [0.05, 0.1) is 0 Å². The highest BCUT2D eigenvalue weighted by molar-refractivity contribution is 5.49. The Hall–Kier alpha value is -1.24. The summed E-state index contributed by atoms with van der Waals surface area (Å²) in [6, 6.07) is 0. The second-order valence-corrected chi connectivity index (χ2v) is 4.15. The first-order valence-electron chi connectivity index (χ1n) is 5.30. The Balaban J connectivity index is 2.17. The fraction of sp³-hybridized carbons (Fsp3) is 0.385. The molecule has 0 saturated carbocycles. The number of allylic oxidation sites excluding steroid dienone is 8. The molecule has 2 N–H and O–H groups in total. The van der Waals surface area contributed by atoms with Gasteiger partial charge in [-0.15, -0.1) is 0 Å². The van der Waals surface area contributed by atoms with Crippen LogP contribution in [0.2, 0.25) is 0 Å². The van der Waals surface area contributed by atoms with E-state index in [9.17, 15) is 0 Å². The molecule has 0 radical (unpaired) electrons. The summed E-state index contributed by atoms with van der Waals surface area (Å²) in [6.07, 6.45) is 14.4. The molecule has 2 aliphatic rings. The van der Waals surface area contributed by atoms with Gasteiger partial charge in [0.25, 0.3) is 0 Å². The van der Waals surface area contributed by atoms with Crippen LogP contribution in [-0.2, 0) is 0 Å². The molecule has 0 bridgehead atoms. The van der Waals surface area contributed by atoms with Gasteiger partial charge >= 0.3 is 0 Å². The lowest BCUT2D eigenvalue weighted by molar-refractivity contribution is 0.732. The highest BCUT2D eigenvalue weighted by Gasteiger charge is 2.09. The van der Waals surface area contributed by atoms with E-state index in [0.717, 1.165) is 25.0 Å². The van der Waals surface area contributed by atoms with E-state index >= 15 is 0 Å². The second-order valence-electron chi connectivity index (χ2n) is 4.15. The standard InChI is InChI=1S/C13H17N/c1-10-5-7-11(8-6-10)12-3-2-4-13(14)9-12/h3,5,7-10H,2,4,6,14H2,1H3. The van der Waals surface area contributed by atoms with Gasteiger partial charge in [0, 0.05) is 5.70 Å². The van der Waals surface area contributed by atoms with E-state index in [4.69, 9.17) is 5.73 Å². The molecule has 0 aromatic rings. The van der Waals surface area contributed by atoms with Gasteiger partial charge in [-0.3, -0.25) is 0 Å². The molecule has 74 valence electrons. The molecule has 2 aliphatic carbocycles. The maximum absolute atomic E-state index is 5.83. The Morgan fingerprint density at radius 2 is 2.14 bits per heavy atom. The van der Waals surface area contributed by atoms with Gasteiger partial charge in [-0.1, -0.05) is 31.2 Å². The Bertz CT molecular complexity index is 342. The van der Waals surface area contributed by atoms with Crippen LogP contribution in [0.4, 0.5) is 0 Å². The van der Waals surface area contributed by atoms with Crippen LogP contribution >= 0.6 is 0 Å². The molecule has 0 amide bonds. The molecule has 0 aromatic heterocycles. The Kier molecular flexibility index (Phi) is 2.58. The number of hydrogen-bond donors (Lipinski definition) is 1. The van der Waals surface area contributed by atoms with Gasteiger partial charge in [-0.25, -0.2) is 0 Å². The van der Waals surface area contributed by atoms with Crippen molar-refractivity contribution in [1.82, 2.24) is 0 Å². The van der Waals surface area contributed by atoms with Gasteiger partial charge in [0.2, 0.25) is 0 Å². The van der Waals surface area contributed by atoms with Crippen molar-refractivity contribution in [1.29, 1.82) is 0 Å². The van der Waals surface area contributed by atoms with Crippen molar-refractivity contribution in [3.63, 3.8) is 0 Å². The Labute approximate surface area is 85.7 Å². The molecule has 0 aliphatic heterocycles. The van der Waals surface area contributed by atoms with Crippen LogP contribution in [0.3, 0.4) is 0 Å². The van der Waals surface area contributed by atoms with Crippen molar-refractivity contribution in [2.24, 2.45) is 11.7 Å². The summed E-state index contributed by atoms with van der Waals surface area (Å²) < 4.78 is 0. The van der Waals surface area contributed by atoms with E-state index in [1.165, 1.54) is 11.1 Å². The average Bonchev–Trinajstić information content (AvgIpc) is 2.19. The first-order chi connectivity index (χ1) is 6.75. The van der Waals surface area contributed by atoms with Crippen molar-refractivity contribution in [2.75, 3.05) is 0 Å². The van der Waals surface area contributed by atoms with Crippen LogP contribution in [-0.4, -0.2) is 0 Å². The van der Waals surface area contributed by atoms with Gasteiger partial charge < -0.3 is 5.73 Å². The van der Waals surface area contributed by atoms with Crippen LogP contribution in [0.1, 0.15) is 26.2 Å². The van der Waals surface area contributed by atoms with Crippen molar-refractivity contribution in [2.45, 2.75) is 26.2 Å². The minimum Gasteiger partial charge on any atom is -0.402 e. The lowest BCUT2D eigenvalue weighted by Crippen LogP contribution is -2.03. The minimum absolute atomic E-state index is 0.685. The summed E-state index contributed by atoms with van der Waals surface area (Å²) in [7, 11) is 0. The van der Waals surface area contributed by atoms with E-state index in [1.807, 2.05) is 0 Å². The molecule has 0 aromatic carbocycles. The van der Waals surface area contributed by atoms with E-state index in [1.54, 1.807) is 0 Å². The lowest BCUT2D eigenvalue weighted by atomic mass is 9.91. The van der Waals surface area contributed by atoms with Gasteiger partial charge in [-0.2, -0.15) is 0 Å². The normalized spacial score (nSPS) is 26.6. The third-order valence-electron chi connectivity index (χ3n) is 2.79. The van der Waals surface area contributed by atoms with E-state index in [0.29, 0.717) is 5.92 Å². The molecule has 0 heterocycles. The summed E-state index contributed by atoms with van der Waals surface area (Å²) in [5.74, 6) is 0.685. The second kappa shape index (κ2) is 3.87. The molecule has 0 saturated heterocycles. The third-order valence-corrected chi connectivity index (χ3v) is 2.79. The van der Waals surface area contributed by atoms with Crippen molar-refractivity contribution in [3.05, 3.63) is 47.2 Å². The third kappa shape index (κ3) is 1.98. The molecular formula is C13H17N. The predicted octanol–water partition coefficient (Wildman–Crippen LogP) is 3.07. The maximum atomic E-state index is 5.83. The topological polar surface area (TPSA) is 26.0 Å². The molecular weight excluding hydrogens is 170 g/mol.